The van der Waals surface area contributed by atoms with Crippen LogP contribution in [0.4, 0.5) is 9.59 Å². The van der Waals surface area contributed by atoms with E-state index in [-0.39, 0.29) is 37.9 Å². The lowest BCUT2D eigenvalue weighted by Gasteiger charge is -2.34. The number of hydrogen-bond donors (Lipinski definition) is 7. The lowest BCUT2D eigenvalue weighted by atomic mass is 9.91. The molecule has 4 rings (SSSR count). The van der Waals surface area contributed by atoms with Crippen LogP contribution in [0.2, 0.25) is 0 Å². The van der Waals surface area contributed by atoms with E-state index >= 15 is 0 Å². The Morgan fingerprint density at radius 3 is 1.11 bits per heavy atom. The molecule has 4 amide bonds. The third-order valence-corrected chi connectivity index (χ3v) is 9.06. The maximum Gasteiger partial charge on any atom is 0.421 e. The molecule has 0 spiro atoms. The summed E-state index contributed by atoms with van der Waals surface area (Å²) in [6.07, 6.45) is -2.35. The highest BCUT2D eigenvalue weighted by Crippen LogP contribution is 2.16. The molecule has 4 atom stereocenters. The van der Waals surface area contributed by atoms with Crippen molar-refractivity contribution >= 4 is 24.0 Å². The van der Waals surface area contributed by atoms with Crippen molar-refractivity contribution in [1.29, 1.82) is 0 Å². The molecule has 0 bridgehead atoms. The number of nitrogens with one attached hydrogen (secondary N) is 6. The van der Waals surface area contributed by atoms with Gasteiger partial charge in [0.1, 0.15) is 25.3 Å². The lowest BCUT2D eigenvalue weighted by molar-refractivity contribution is -0.127. The van der Waals surface area contributed by atoms with Crippen molar-refractivity contribution in [2.45, 2.75) is 84.0 Å². The Bertz CT molecular complexity index is 1650. The summed E-state index contributed by atoms with van der Waals surface area (Å²) in [6.45, 7) is 7.38. The minimum Gasteiger partial charge on any atom is -0.444 e. The van der Waals surface area contributed by atoms with Gasteiger partial charge in [-0.15, -0.1) is 0 Å². The van der Waals surface area contributed by atoms with Crippen molar-refractivity contribution in [3.05, 3.63) is 144 Å². The van der Waals surface area contributed by atoms with Crippen LogP contribution in [0.25, 0.3) is 0 Å². The van der Waals surface area contributed by atoms with Crippen LogP contribution < -0.4 is 32.3 Å². The van der Waals surface area contributed by atoms with E-state index in [1.165, 1.54) is 0 Å². The van der Waals surface area contributed by atoms with Crippen LogP contribution in [-0.4, -0.2) is 59.4 Å². The fourth-order valence-electron chi connectivity index (χ4n) is 5.94. The molecule has 0 aliphatic heterocycles. The van der Waals surface area contributed by atoms with Crippen LogP contribution in [0.5, 0.6) is 0 Å². The maximum absolute atomic E-state index is 13.9. The average Bonchev–Trinajstić information content (AvgIpc) is 3.20. The van der Waals surface area contributed by atoms with E-state index in [0.717, 1.165) is 22.3 Å². The van der Waals surface area contributed by atoms with Crippen molar-refractivity contribution in [1.82, 2.24) is 32.3 Å². The highest BCUT2D eigenvalue weighted by atomic mass is 16.6. The third-order valence-electron chi connectivity index (χ3n) is 9.06. The second-order valence-electron chi connectivity index (χ2n) is 14.2. The topological polar surface area (TPSA) is 179 Å². The maximum atomic E-state index is 13.9. The van der Waals surface area contributed by atoms with Gasteiger partial charge in [-0.3, -0.25) is 20.4 Å². The zero-order valence-corrected chi connectivity index (χ0v) is 32.3. The highest BCUT2D eigenvalue weighted by Gasteiger charge is 2.35. The van der Waals surface area contributed by atoms with Gasteiger partial charge in [-0.25, -0.2) is 20.4 Å². The standard InChI is InChI=1S/C43H54N6O7/c1-29(2)37(46-48-42(53)55-27-33-21-13-7-14-22-33)40(51)44-35(25-31-17-9-5-10-18-31)39(50)36(26-32-19-11-6-12-20-32)45-41(52)38(30(3)4)47-49-43(54)56-28-34-23-15-8-16-24-34/h5-24,29-30,35-39,46-47,50H,25-28H2,1-4H3,(H,44,51)(H,45,52)(H,48,53)(H,49,54)/t35-,36-,37-,38-/m0/s1. The first-order chi connectivity index (χ1) is 27.0. The monoisotopic (exact) mass is 766 g/mol. The van der Waals surface area contributed by atoms with Gasteiger partial charge in [0.25, 0.3) is 0 Å². The van der Waals surface area contributed by atoms with Gasteiger partial charge in [-0.05, 0) is 46.9 Å². The first-order valence-electron chi connectivity index (χ1n) is 18.8. The molecule has 0 unspecified atom stereocenters. The zero-order chi connectivity index (χ0) is 40.3. The lowest BCUT2D eigenvalue weighted by Crippen LogP contribution is -2.62. The number of carbonyl (C=O) groups is 4. The fraction of sp³-hybridized carbons (Fsp3) is 0.349. The Balaban J connectivity index is 1.49. The summed E-state index contributed by atoms with van der Waals surface area (Å²) in [5, 5.41) is 18.2. The van der Waals surface area contributed by atoms with Gasteiger partial charge in [-0.1, -0.05) is 149 Å². The van der Waals surface area contributed by atoms with Crippen LogP contribution in [0, 0.1) is 11.8 Å². The van der Waals surface area contributed by atoms with Crippen LogP contribution in [-0.2, 0) is 45.1 Å². The van der Waals surface area contributed by atoms with Gasteiger partial charge in [0.15, 0.2) is 0 Å². The Kier molecular flexibility index (Phi) is 17.3. The van der Waals surface area contributed by atoms with Gasteiger partial charge in [0.2, 0.25) is 11.8 Å². The molecular formula is C43H54N6O7. The van der Waals surface area contributed by atoms with E-state index < -0.39 is 54.3 Å². The summed E-state index contributed by atoms with van der Waals surface area (Å²) in [6, 6.07) is 33.6. The van der Waals surface area contributed by atoms with E-state index in [1.807, 2.05) is 149 Å². The van der Waals surface area contributed by atoms with Gasteiger partial charge in [0.05, 0.1) is 18.2 Å². The smallest absolute Gasteiger partial charge is 0.421 e. The Labute approximate surface area is 328 Å². The number of aliphatic hydroxyl groups is 1. The number of amides is 4. The van der Waals surface area contributed by atoms with Crippen molar-refractivity contribution in [2.24, 2.45) is 11.8 Å². The third kappa shape index (κ3) is 14.5. The minimum atomic E-state index is -1.29. The molecule has 0 radical (unpaired) electrons. The van der Waals surface area contributed by atoms with Crippen LogP contribution >= 0.6 is 0 Å². The number of ether oxygens (including phenoxy) is 2. The molecule has 4 aromatic carbocycles. The molecule has 13 nitrogen and oxygen atoms in total. The molecule has 4 aromatic rings. The van der Waals surface area contributed by atoms with E-state index in [2.05, 4.69) is 32.3 Å². The summed E-state index contributed by atoms with van der Waals surface area (Å²) < 4.78 is 10.6. The average molecular weight is 767 g/mol. The first-order valence-corrected chi connectivity index (χ1v) is 18.8. The highest BCUT2D eigenvalue weighted by molar-refractivity contribution is 5.84. The Hall–Kier alpha value is -5.76. The van der Waals surface area contributed by atoms with Crippen LogP contribution in [0.3, 0.4) is 0 Å². The van der Waals surface area contributed by atoms with E-state index in [0.29, 0.717) is 0 Å². The molecule has 56 heavy (non-hydrogen) atoms. The Morgan fingerprint density at radius 1 is 0.500 bits per heavy atom. The zero-order valence-electron chi connectivity index (χ0n) is 32.3. The van der Waals surface area contributed by atoms with Crippen LogP contribution in [0.15, 0.2) is 121 Å². The molecule has 0 aliphatic carbocycles. The van der Waals surface area contributed by atoms with E-state index in [4.69, 9.17) is 9.47 Å². The molecular weight excluding hydrogens is 713 g/mol. The van der Waals surface area contributed by atoms with Crippen molar-refractivity contribution < 1.29 is 33.8 Å². The largest absolute Gasteiger partial charge is 0.444 e. The molecule has 298 valence electrons. The first kappa shape index (κ1) is 43.0. The van der Waals surface area contributed by atoms with Gasteiger partial charge in [-0.2, -0.15) is 0 Å². The number of aliphatic hydroxyl groups excluding tert-OH is 1. The van der Waals surface area contributed by atoms with Crippen molar-refractivity contribution in [2.75, 3.05) is 0 Å². The second-order valence-corrected chi connectivity index (χ2v) is 14.2. The minimum absolute atomic E-state index is 0.0500. The number of rotatable bonds is 20. The number of benzene rings is 4. The molecule has 0 saturated carbocycles. The summed E-state index contributed by atoms with van der Waals surface area (Å²) in [5.74, 6) is -1.53. The van der Waals surface area contributed by atoms with Crippen molar-refractivity contribution in [3.63, 3.8) is 0 Å². The summed E-state index contributed by atoms with van der Waals surface area (Å²) in [5.41, 5.74) is 13.8. The van der Waals surface area contributed by atoms with E-state index in [1.54, 1.807) is 0 Å². The molecule has 0 aliphatic rings. The predicted octanol–water partition coefficient (Wildman–Crippen LogP) is 4.71. The predicted molar refractivity (Wildman–Crippen MR) is 213 cm³/mol. The van der Waals surface area contributed by atoms with Crippen molar-refractivity contribution in [3.8, 4) is 0 Å². The molecule has 13 heteroatoms. The second kappa shape index (κ2) is 22.6. The fourth-order valence-corrected chi connectivity index (χ4v) is 5.94. The quantitative estimate of drug-likeness (QED) is 0.0628. The SMILES string of the molecule is CC(C)[C@H](NNC(=O)OCc1ccccc1)C(=O)N[C@@H](Cc1ccccc1)C(O)[C@H](Cc1ccccc1)NC(=O)[C@@H](NNC(=O)OCc1ccccc1)C(C)C. The van der Waals surface area contributed by atoms with E-state index in [9.17, 15) is 24.3 Å². The molecule has 0 heterocycles. The number of hydrogen-bond acceptors (Lipinski definition) is 9. The van der Waals surface area contributed by atoms with Crippen LogP contribution in [0.1, 0.15) is 49.9 Å². The summed E-state index contributed by atoms with van der Waals surface area (Å²) >= 11 is 0. The van der Waals surface area contributed by atoms with Gasteiger partial charge >= 0.3 is 12.2 Å². The van der Waals surface area contributed by atoms with Gasteiger partial charge < -0.3 is 25.2 Å². The molecule has 7 N–H and O–H groups in total. The number of hydrazine groups is 2. The van der Waals surface area contributed by atoms with Gasteiger partial charge in [0, 0.05) is 0 Å². The molecule has 0 saturated heterocycles. The summed E-state index contributed by atoms with van der Waals surface area (Å²) in [7, 11) is 0. The molecule has 0 aromatic heterocycles. The Morgan fingerprint density at radius 2 is 0.804 bits per heavy atom. The number of carbonyl (C=O) groups excluding carboxylic acids is 4. The summed E-state index contributed by atoms with van der Waals surface area (Å²) in [4.78, 5) is 53.0. The molecule has 0 fully saturated rings. The normalized spacial score (nSPS) is 13.3.